The number of hydrogen-bond donors (Lipinski definition) is 2. The summed E-state index contributed by atoms with van der Waals surface area (Å²) in [7, 11) is -1.49. The van der Waals surface area contributed by atoms with Gasteiger partial charge in [-0.15, -0.1) is 0 Å². The Balaban J connectivity index is 2.07. The third-order valence-electron chi connectivity index (χ3n) is 2.66. The molecule has 1 aliphatic rings. The highest BCUT2D eigenvalue weighted by molar-refractivity contribution is 6.59. The number of benzene rings is 1. The lowest BCUT2D eigenvalue weighted by atomic mass is 9.79. The van der Waals surface area contributed by atoms with Gasteiger partial charge in [-0.1, -0.05) is 18.2 Å². The van der Waals surface area contributed by atoms with E-state index in [1.54, 1.807) is 18.2 Å². The zero-order chi connectivity index (χ0) is 11.4. The SMILES string of the molecule is OB(O)c1ccccc1OC1CCOCC1. The molecule has 86 valence electrons. The highest BCUT2D eigenvalue weighted by atomic mass is 16.5. The van der Waals surface area contributed by atoms with E-state index in [1.165, 1.54) is 0 Å². The van der Waals surface area contributed by atoms with Gasteiger partial charge in [0, 0.05) is 18.3 Å². The molecule has 0 aliphatic carbocycles. The third kappa shape index (κ3) is 2.75. The molecule has 4 nitrogen and oxygen atoms in total. The first-order chi connectivity index (χ1) is 7.77. The van der Waals surface area contributed by atoms with E-state index in [0.29, 0.717) is 24.4 Å². The molecule has 2 rings (SSSR count). The Morgan fingerprint density at radius 3 is 2.56 bits per heavy atom. The van der Waals surface area contributed by atoms with Crippen molar-refractivity contribution in [2.24, 2.45) is 0 Å². The summed E-state index contributed by atoms with van der Waals surface area (Å²) in [5, 5.41) is 18.4. The third-order valence-corrected chi connectivity index (χ3v) is 2.66. The lowest BCUT2D eigenvalue weighted by Crippen LogP contribution is -2.34. The molecule has 1 aliphatic heterocycles. The quantitative estimate of drug-likeness (QED) is 0.702. The number of rotatable bonds is 3. The van der Waals surface area contributed by atoms with Gasteiger partial charge >= 0.3 is 7.12 Å². The number of ether oxygens (including phenoxy) is 2. The number of hydrogen-bond acceptors (Lipinski definition) is 4. The van der Waals surface area contributed by atoms with Crippen LogP contribution in [0.25, 0.3) is 0 Å². The van der Waals surface area contributed by atoms with Gasteiger partial charge in [0.2, 0.25) is 0 Å². The van der Waals surface area contributed by atoms with Crippen LogP contribution in [0, 0.1) is 0 Å². The molecule has 1 aromatic carbocycles. The van der Waals surface area contributed by atoms with Crippen molar-refractivity contribution in [1.82, 2.24) is 0 Å². The van der Waals surface area contributed by atoms with E-state index in [0.717, 1.165) is 12.8 Å². The molecular formula is C11H15BO4. The topological polar surface area (TPSA) is 58.9 Å². The fourth-order valence-corrected chi connectivity index (χ4v) is 1.77. The van der Waals surface area contributed by atoms with Gasteiger partial charge in [0.05, 0.1) is 13.2 Å². The van der Waals surface area contributed by atoms with Crippen LogP contribution >= 0.6 is 0 Å². The highest BCUT2D eigenvalue weighted by Gasteiger charge is 2.20. The molecular weight excluding hydrogens is 207 g/mol. The summed E-state index contributed by atoms with van der Waals surface area (Å²) in [5.41, 5.74) is 0.411. The zero-order valence-electron chi connectivity index (χ0n) is 9.00. The maximum absolute atomic E-state index is 9.18. The van der Waals surface area contributed by atoms with E-state index in [2.05, 4.69) is 0 Å². The molecule has 2 N–H and O–H groups in total. The molecule has 0 bridgehead atoms. The fraction of sp³-hybridized carbons (Fsp3) is 0.455. The lowest BCUT2D eigenvalue weighted by molar-refractivity contribution is 0.0259. The van der Waals surface area contributed by atoms with Crippen molar-refractivity contribution in [2.45, 2.75) is 18.9 Å². The Morgan fingerprint density at radius 1 is 1.19 bits per heavy atom. The minimum atomic E-state index is -1.49. The largest absolute Gasteiger partial charge is 0.492 e. The van der Waals surface area contributed by atoms with Gasteiger partial charge in [-0.05, 0) is 6.07 Å². The molecule has 0 radical (unpaired) electrons. The van der Waals surface area contributed by atoms with Gasteiger partial charge in [0.1, 0.15) is 11.9 Å². The first-order valence-corrected chi connectivity index (χ1v) is 5.47. The number of para-hydroxylation sites is 1. The normalized spacial score (nSPS) is 17.1. The van der Waals surface area contributed by atoms with Crippen molar-refractivity contribution in [3.63, 3.8) is 0 Å². The van der Waals surface area contributed by atoms with E-state index < -0.39 is 7.12 Å². The fourth-order valence-electron chi connectivity index (χ4n) is 1.77. The van der Waals surface area contributed by atoms with Gasteiger partial charge in [-0.2, -0.15) is 0 Å². The molecule has 0 unspecified atom stereocenters. The molecule has 1 fully saturated rings. The molecule has 0 saturated carbocycles. The van der Waals surface area contributed by atoms with Gasteiger partial charge in [-0.3, -0.25) is 0 Å². The van der Waals surface area contributed by atoms with Gasteiger partial charge in [0.25, 0.3) is 0 Å². The molecule has 1 saturated heterocycles. The van der Waals surface area contributed by atoms with Gasteiger partial charge in [-0.25, -0.2) is 0 Å². The average Bonchev–Trinajstić information content (AvgIpc) is 2.31. The molecule has 1 heterocycles. The standard InChI is InChI=1S/C11H15BO4/c13-12(14)10-3-1-2-4-11(10)16-9-5-7-15-8-6-9/h1-4,9,13-14H,5-8H2. The van der Waals surface area contributed by atoms with Crippen LogP contribution in [-0.4, -0.2) is 36.5 Å². The molecule has 5 heteroatoms. The lowest BCUT2D eigenvalue weighted by Gasteiger charge is -2.24. The minimum absolute atomic E-state index is 0.105. The van der Waals surface area contributed by atoms with E-state index in [9.17, 15) is 10.0 Å². The summed E-state index contributed by atoms with van der Waals surface area (Å²) in [5.74, 6) is 0.546. The zero-order valence-corrected chi connectivity index (χ0v) is 9.00. The van der Waals surface area contributed by atoms with Crippen molar-refractivity contribution in [2.75, 3.05) is 13.2 Å². The van der Waals surface area contributed by atoms with Crippen LogP contribution in [0.1, 0.15) is 12.8 Å². The highest BCUT2D eigenvalue weighted by Crippen LogP contribution is 2.16. The molecule has 1 aromatic rings. The molecule has 0 aromatic heterocycles. The van der Waals surface area contributed by atoms with E-state index >= 15 is 0 Å². The second-order valence-electron chi connectivity index (χ2n) is 3.84. The minimum Gasteiger partial charge on any atom is -0.491 e. The van der Waals surface area contributed by atoms with Crippen molar-refractivity contribution >= 4 is 12.6 Å². The molecule has 0 amide bonds. The van der Waals surface area contributed by atoms with Crippen molar-refractivity contribution in [1.29, 1.82) is 0 Å². The Labute approximate surface area is 95.0 Å². The van der Waals surface area contributed by atoms with E-state index in [4.69, 9.17) is 9.47 Å². The summed E-state index contributed by atoms with van der Waals surface area (Å²) < 4.78 is 11.0. The van der Waals surface area contributed by atoms with Crippen LogP contribution in [0.5, 0.6) is 5.75 Å². The maximum atomic E-state index is 9.18. The summed E-state index contributed by atoms with van der Waals surface area (Å²) >= 11 is 0. The Kier molecular flexibility index (Phi) is 3.82. The Morgan fingerprint density at radius 2 is 1.88 bits per heavy atom. The van der Waals surface area contributed by atoms with Crippen LogP contribution in [0.2, 0.25) is 0 Å². The maximum Gasteiger partial charge on any atom is 0.492 e. The monoisotopic (exact) mass is 222 g/mol. The van der Waals surface area contributed by atoms with Crippen molar-refractivity contribution in [3.05, 3.63) is 24.3 Å². The summed E-state index contributed by atoms with van der Waals surface area (Å²) in [6, 6.07) is 6.98. The Bertz CT molecular complexity index is 337. The first-order valence-electron chi connectivity index (χ1n) is 5.47. The predicted octanol–water partition coefficient (Wildman–Crippen LogP) is -0.0758. The van der Waals surface area contributed by atoms with E-state index in [-0.39, 0.29) is 6.10 Å². The average molecular weight is 222 g/mol. The van der Waals surface area contributed by atoms with Crippen molar-refractivity contribution < 1.29 is 19.5 Å². The summed E-state index contributed by atoms with van der Waals surface area (Å²) in [6.45, 7) is 1.41. The van der Waals surface area contributed by atoms with E-state index in [1.807, 2.05) is 6.07 Å². The smallest absolute Gasteiger partial charge is 0.491 e. The molecule has 0 spiro atoms. The van der Waals surface area contributed by atoms with Gasteiger partial charge in [0.15, 0.2) is 0 Å². The summed E-state index contributed by atoms with van der Waals surface area (Å²) in [4.78, 5) is 0. The second-order valence-corrected chi connectivity index (χ2v) is 3.84. The van der Waals surface area contributed by atoms with Crippen LogP contribution in [0.3, 0.4) is 0 Å². The van der Waals surface area contributed by atoms with Crippen LogP contribution in [0.15, 0.2) is 24.3 Å². The first kappa shape index (κ1) is 11.5. The summed E-state index contributed by atoms with van der Waals surface area (Å²) in [6.07, 6.45) is 1.79. The predicted molar refractivity (Wildman–Crippen MR) is 60.7 cm³/mol. The van der Waals surface area contributed by atoms with Crippen LogP contribution in [-0.2, 0) is 4.74 Å². The van der Waals surface area contributed by atoms with Crippen LogP contribution in [0.4, 0.5) is 0 Å². The Hall–Kier alpha value is -1.04. The molecule has 0 atom stereocenters. The van der Waals surface area contributed by atoms with Gasteiger partial charge < -0.3 is 19.5 Å². The molecule has 16 heavy (non-hydrogen) atoms. The second kappa shape index (κ2) is 5.34. The van der Waals surface area contributed by atoms with Crippen molar-refractivity contribution in [3.8, 4) is 5.75 Å². The van der Waals surface area contributed by atoms with Crippen LogP contribution < -0.4 is 10.2 Å².